The summed E-state index contributed by atoms with van der Waals surface area (Å²) < 4.78 is 5.67. The maximum Gasteiger partial charge on any atom is 0.119 e. The Morgan fingerprint density at radius 2 is 1.95 bits per heavy atom. The number of hydrogen-bond acceptors (Lipinski definition) is 2. The minimum atomic E-state index is 0.438. The molecule has 0 spiro atoms. The van der Waals surface area contributed by atoms with Gasteiger partial charge in [-0.05, 0) is 67.2 Å². The van der Waals surface area contributed by atoms with Crippen molar-refractivity contribution in [1.82, 2.24) is 0 Å². The Balaban J connectivity index is 2.11. The highest BCUT2D eigenvalue weighted by atomic mass is 16.5. The van der Waals surface area contributed by atoms with Crippen LogP contribution in [0.4, 0.5) is 0 Å². The fourth-order valence-electron chi connectivity index (χ4n) is 3.34. The minimum absolute atomic E-state index is 0.438. The quantitative estimate of drug-likeness (QED) is 0.867. The van der Waals surface area contributed by atoms with Crippen LogP contribution >= 0.6 is 0 Å². The molecule has 20 heavy (non-hydrogen) atoms. The molecule has 0 aromatic heterocycles. The first kappa shape index (κ1) is 15.4. The lowest BCUT2D eigenvalue weighted by Crippen LogP contribution is -2.32. The first-order valence-electron chi connectivity index (χ1n) is 7.98. The molecule has 0 saturated heterocycles. The second-order valence-corrected chi connectivity index (χ2v) is 6.93. The molecule has 2 heteroatoms. The van der Waals surface area contributed by atoms with Crippen molar-refractivity contribution in [2.75, 3.05) is 13.2 Å². The van der Waals surface area contributed by atoms with Gasteiger partial charge in [0.1, 0.15) is 5.75 Å². The lowest BCUT2D eigenvalue weighted by molar-refractivity contribution is 0.165. The average Bonchev–Trinajstić information content (AvgIpc) is 2.45. The van der Waals surface area contributed by atoms with Crippen molar-refractivity contribution >= 4 is 0 Å². The SMILES string of the molecule is CCCOc1ccc(C2CC(C)(C)CCC2CN)cc1. The normalized spacial score (nSPS) is 25.4. The Hall–Kier alpha value is -1.02. The zero-order valence-corrected chi connectivity index (χ0v) is 13.2. The molecular weight excluding hydrogens is 246 g/mol. The van der Waals surface area contributed by atoms with E-state index in [4.69, 9.17) is 10.5 Å². The molecule has 1 fully saturated rings. The maximum absolute atomic E-state index is 5.99. The molecule has 112 valence electrons. The van der Waals surface area contributed by atoms with Gasteiger partial charge in [-0.1, -0.05) is 32.9 Å². The van der Waals surface area contributed by atoms with Gasteiger partial charge in [0.15, 0.2) is 0 Å². The van der Waals surface area contributed by atoms with Crippen LogP contribution in [0, 0.1) is 11.3 Å². The van der Waals surface area contributed by atoms with E-state index in [1.807, 2.05) is 0 Å². The standard InChI is InChI=1S/C18H29NO/c1-4-11-20-16-7-5-14(6-8-16)17-12-18(2,3)10-9-15(17)13-19/h5-8,15,17H,4,9-13,19H2,1-3H3. The summed E-state index contributed by atoms with van der Waals surface area (Å²) in [5, 5.41) is 0. The molecule has 2 rings (SSSR count). The molecule has 0 aliphatic heterocycles. The molecule has 0 bridgehead atoms. The van der Waals surface area contributed by atoms with E-state index in [0.29, 0.717) is 17.3 Å². The van der Waals surface area contributed by atoms with Gasteiger partial charge in [-0.2, -0.15) is 0 Å². The van der Waals surface area contributed by atoms with Gasteiger partial charge in [-0.15, -0.1) is 0 Å². The van der Waals surface area contributed by atoms with Gasteiger partial charge in [0, 0.05) is 0 Å². The summed E-state index contributed by atoms with van der Waals surface area (Å²) in [6, 6.07) is 8.69. The van der Waals surface area contributed by atoms with Crippen LogP contribution in [0.2, 0.25) is 0 Å². The number of rotatable bonds is 5. The van der Waals surface area contributed by atoms with Gasteiger partial charge in [0.25, 0.3) is 0 Å². The first-order chi connectivity index (χ1) is 9.55. The van der Waals surface area contributed by atoms with Crippen LogP contribution in [-0.2, 0) is 0 Å². The molecule has 2 unspecified atom stereocenters. The van der Waals surface area contributed by atoms with Crippen LogP contribution < -0.4 is 10.5 Å². The number of hydrogen-bond donors (Lipinski definition) is 1. The third-order valence-corrected chi connectivity index (χ3v) is 4.62. The van der Waals surface area contributed by atoms with E-state index in [-0.39, 0.29) is 0 Å². The molecular formula is C18H29NO. The average molecular weight is 275 g/mol. The van der Waals surface area contributed by atoms with Crippen molar-refractivity contribution in [2.45, 2.75) is 52.4 Å². The van der Waals surface area contributed by atoms with Gasteiger partial charge in [-0.25, -0.2) is 0 Å². The van der Waals surface area contributed by atoms with Crippen LogP contribution in [0.3, 0.4) is 0 Å². The second-order valence-electron chi connectivity index (χ2n) is 6.93. The number of nitrogens with two attached hydrogens (primary N) is 1. The molecule has 0 amide bonds. The number of benzene rings is 1. The summed E-state index contributed by atoms with van der Waals surface area (Å²) in [7, 11) is 0. The summed E-state index contributed by atoms with van der Waals surface area (Å²) in [5.74, 6) is 2.21. The summed E-state index contributed by atoms with van der Waals surface area (Å²) in [6.07, 6.45) is 4.84. The highest BCUT2D eigenvalue weighted by Gasteiger charge is 2.34. The first-order valence-corrected chi connectivity index (χ1v) is 7.98. The molecule has 0 heterocycles. The van der Waals surface area contributed by atoms with E-state index in [1.165, 1.54) is 24.8 Å². The lowest BCUT2D eigenvalue weighted by atomic mass is 9.65. The van der Waals surface area contributed by atoms with Crippen molar-refractivity contribution in [2.24, 2.45) is 17.1 Å². The summed E-state index contributed by atoms with van der Waals surface area (Å²) >= 11 is 0. The third-order valence-electron chi connectivity index (χ3n) is 4.62. The van der Waals surface area contributed by atoms with Gasteiger partial charge >= 0.3 is 0 Å². The van der Waals surface area contributed by atoms with Crippen molar-refractivity contribution < 1.29 is 4.74 Å². The van der Waals surface area contributed by atoms with Crippen LogP contribution in [0.15, 0.2) is 24.3 Å². The largest absolute Gasteiger partial charge is 0.494 e. The van der Waals surface area contributed by atoms with Crippen LogP contribution in [0.1, 0.15) is 57.9 Å². The van der Waals surface area contributed by atoms with Crippen molar-refractivity contribution in [1.29, 1.82) is 0 Å². The summed E-state index contributed by atoms with van der Waals surface area (Å²) in [5.41, 5.74) is 7.86. The van der Waals surface area contributed by atoms with E-state index < -0.39 is 0 Å². The molecule has 1 saturated carbocycles. The molecule has 2 nitrogen and oxygen atoms in total. The highest BCUT2D eigenvalue weighted by Crippen LogP contribution is 2.46. The smallest absolute Gasteiger partial charge is 0.119 e. The molecule has 1 aliphatic rings. The fraction of sp³-hybridized carbons (Fsp3) is 0.667. The topological polar surface area (TPSA) is 35.2 Å². The van der Waals surface area contributed by atoms with E-state index in [2.05, 4.69) is 45.0 Å². The van der Waals surface area contributed by atoms with Crippen molar-refractivity contribution in [3.05, 3.63) is 29.8 Å². The van der Waals surface area contributed by atoms with E-state index in [9.17, 15) is 0 Å². The zero-order chi connectivity index (χ0) is 14.6. The highest BCUT2D eigenvalue weighted by molar-refractivity contribution is 5.30. The van der Waals surface area contributed by atoms with Crippen LogP contribution in [0.5, 0.6) is 5.75 Å². The molecule has 1 aromatic carbocycles. The third kappa shape index (κ3) is 3.76. The Bertz CT molecular complexity index is 410. The van der Waals surface area contributed by atoms with Gasteiger partial charge in [0.2, 0.25) is 0 Å². The Labute approximate surface area is 123 Å². The second kappa shape index (κ2) is 6.62. The minimum Gasteiger partial charge on any atom is -0.494 e. The van der Waals surface area contributed by atoms with Crippen molar-refractivity contribution in [3.8, 4) is 5.75 Å². The molecule has 1 aromatic rings. The summed E-state index contributed by atoms with van der Waals surface area (Å²) in [4.78, 5) is 0. The molecule has 1 aliphatic carbocycles. The molecule has 0 radical (unpaired) electrons. The fourth-order valence-corrected chi connectivity index (χ4v) is 3.34. The van der Waals surface area contributed by atoms with E-state index in [1.54, 1.807) is 0 Å². The Morgan fingerprint density at radius 1 is 1.25 bits per heavy atom. The Morgan fingerprint density at radius 3 is 2.55 bits per heavy atom. The van der Waals surface area contributed by atoms with Crippen LogP contribution in [0.25, 0.3) is 0 Å². The number of ether oxygens (including phenoxy) is 1. The predicted molar refractivity (Wildman–Crippen MR) is 85.1 cm³/mol. The molecule has 2 atom stereocenters. The van der Waals surface area contributed by atoms with Crippen molar-refractivity contribution in [3.63, 3.8) is 0 Å². The van der Waals surface area contributed by atoms with Crippen LogP contribution in [-0.4, -0.2) is 13.2 Å². The van der Waals surface area contributed by atoms with E-state index >= 15 is 0 Å². The lowest BCUT2D eigenvalue weighted by Gasteiger charge is -2.40. The van der Waals surface area contributed by atoms with Gasteiger partial charge in [-0.3, -0.25) is 0 Å². The van der Waals surface area contributed by atoms with Gasteiger partial charge < -0.3 is 10.5 Å². The van der Waals surface area contributed by atoms with Gasteiger partial charge in [0.05, 0.1) is 6.61 Å². The van der Waals surface area contributed by atoms with E-state index in [0.717, 1.165) is 25.3 Å². The Kier molecular flexibility index (Phi) is 5.09. The molecule has 2 N–H and O–H groups in total. The monoisotopic (exact) mass is 275 g/mol. The predicted octanol–water partition coefficient (Wildman–Crippen LogP) is 4.34. The zero-order valence-electron chi connectivity index (χ0n) is 13.2. The summed E-state index contributed by atoms with van der Waals surface area (Å²) in [6.45, 7) is 8.48. The maximum atomic E-state index is 5.99.